The topological polar surface area (TPSA) is 9.23 Å². The van der Waals surface area contributed by atoms with Crippen molar-refractivity contribution in [1.29, 1.82) is 0 Å². The molecular weight excluding hydrogens is 542 g/mol. The monoisotopic (exact) mass is 558 g/mol. The van der Waals surface area contributed by atoms with Gasteiger partial charge in [-0.2, -0.15) is 8.78 Å². The van der Waals surface area contributed by atoms with Crippen LogP contribution in [0.5, 0.6) is 5.75 Å². The number of aryl methyl sites for hydroxylation is 1. The van der Waals surface area contributed by atoms with Gasteiger partial charge in [0, 0.05) is 17.7 Å². The highest BCUT2D eigenvalue weighted by molar-refractivity contribution is 5.72. The molecule has 0 atom stereocenters. The molecular formula is C28H16F10O. The quantitative estimate of drug-likeness (QED) is 0.125. The minimum absolute atomic E-state index is 0.0113. The normalized spacial score (nSPS) is 11.7. The second-order valence-corrected chi connectivity index (χ2v) is 8.49. The number of benzene rings is 4. The van der Waals surface area contributed by atoms with Crippen LogP contribution in [0.2, 0.25) is 0 Å². The Hall–Kier alpha value is -4.02. The lowest BCUT2D eigenvalue weighted by molar-refractivity contribution is -0.190. The maximum atomic E-state index is 14.8. The summed E-state index contributed by atoms with van der Waals surface area (Å²) in [4.78, 5) is 0. The average molecular weight is 558 g/mol. The van der Waals surface area contributed by atoms with Gasteiger partial charge in [0.2, 0.25) is 0 Å². The van der Waals surface area contributed by atoms with Crippen molar-refractivity contribution in [3.8, 4) is 28.0 Å². The Balaban J connectivity index is 1.68. The molecule has 11 heteroatoms. The third kappa shape index (κ3) is 5.43. The molecule has 0 saturated heterocycles. The highest BCUT2D eigenvalue weighted by Gasteiger charge is 2.43. The zero-order valence-corrected chi connectivity index (χ0v) is 19.8. The van der Waals surface area contributed by atoms with Crippen LogP contribution in [0.15, 0.2) is 54.6 Å². The van der Waals surface area contributed by atoms with E-state index in [1.54, 1.807) is 0 Å². The largest absolute Gasteiger partial charge is 0.432 e. The number of alkyl halides is 2. The standard InChI is InChI=1S/C28H16F10O/c1-2-3-13-8-18(29)23(19(30)9-13)15-6-4-14(5-7-15)17-12-20(31)24(27(36)25(17)34)28(37,38)39-16-10-21(32)26(35)22(33)11-16/h4-12H,2-3H2,1H3. The Kier molecular flexibility index (Phi) is 7.63. The van der Waals surface area contributed by atoms with E-state index in [2.05, 4.69) is 4.74 Å². The van der Waals surface area contributed by atoms with Gasteiger partial charge in [-0.25, -0.2) is 35.1 Å². The Morgan fingerprint density at radius 1 is 0.615 bits per heavy atom. The van der Waals surface area contributed by atoms with Crippen molar-refractivity contribution in [2.45, 2.75) is 25.9 Å². The van der Waals surface area contributed by atoms with Crippen LogP contribution >= 0.6 is 0 Å². The van der Waals surface area contributed by atoms with Crippen molar-refractivity contribution in [1.82, 2.24) is 0 Å². The van der Waals surface area contributed by atoms with E-state index in [0.717, 1.165) is 36.4 Å². The molecule has 0 heterocycles. The summed E-state index contributed by atoms with van der Waals surface area (Å²) in [5.41, 5.74) is -3.17. The van der Waals surface area contributed by atoms with Crippen molar-refractivity contribution in [2.75, 3.05) is 0 Å². The van der Waals surface area contributed by atoms with Crippen LogP contribution in [-0.2, 0) is 12.5 Å². The third-order valence-corrected chi connectivity index (χ3v) is 5.78. The fraction of sp³-hybridized carbons (Fsp3) is 0.143. The van der Waals surface area contributed by atoms with Crippen molar-refractivity contribution in [3.05, 3.63) is 112 Å². The van der Waals surface area contributed by atoms with E-state index in [0.29, 0.717) is 18.4 Å². The molecule has 0 spiro atoms. The summed E-state index contributed by atoms with van der Waals surface area (Å²) in [6, 6.07) is 7.02. The number of rotatable bonds is 7. The zero-order valence-electron chi connectivity index (χ0n) is 19.8. The Morgan fingerprint density at radius 2 is 1.15 bits per heavy atom. The maximum Gasteiger partial charge on any atom is 0.432 e. The van der Waals surface area contributed by atoms with E-state index < -0.39 is 69.5 Å². The molecule has 0 saturated carbocycles. The van der Waals surface area contributed by atoms with Gasteiger partial charge >= 0.3 is 6.11 Å². The zero-order chi connectivity index (χ0) is 28.6. The minimum atomic E-state index is -4.98. The Morgan fingerprint density at radius 3 is 1.69 bits per heavy atom. The second kappa shape index (κ2) is 10.6. The maximum absolute atomic E-state index is 14.8. The van der Waals surface area contributed by atoms with Gasteiger partial charge < -0.3 is 4.74 Å². The molecule has 204 valence electrons. The molecule has 0 unspecified atom stereocenters. The molecule has 4 aromatic rings. The van der Waals surface area contributed by atoms with Crippen LogP contribution in [0.1, 0.15) is 24.5 Å². The lowest BCUT2D eigenvalue weighted by Gasteiger charge is -2.20. The fourth-order valence-electron chi connectivity index (χ4n) is 4.01. The molecule has 0 fully saturated rings. The predicted molar refractivity (Wildman–Crippen MR) is 122 cm³/mol. The summed E-state index contributed by atoms with van der Waals surface area (Å²) in [7, 11) is 0. The van der Waals surface area contributed by atoms with E-state index in [-0.39, 0.29) is 34.9 Å². The first kappa shape index (κ1) is 28.0. The molecule has 0 radical (unpaired) electrons. The smallest absolute Gasteiger partial charge is 0.429 e. The van der Waals surface area contributed by atoms with Gasteiger partial charge in [0.15, 0.2) is 29.1 Å². The van der Waals surface area contributed by atoms with Crippen LogP contribution < -0.4 is 4.74 Å². The van der Waals surface area contributed by atoms with Gasteiger partial charge in [-0.05, 0) is 41.3 Å². The first-order chi connectivity index (χ1) is 18.3. The SMILES string of the molecule is CCCc1cc(F)c(-c2ccc(-c3cc(F)c(C(F)(F)Oc4cc(F)c(F)c(F)c4)c(F)c3F)cc2)c(F)c1. The second-order valence-electron chi connectivity index (χ2n) is 8.49. The molecule has 0 aromatic heterocycles. The van der Waals surface area contributed by atoms with E-state index in [4.69, 9.17) is 0 Å². The summed E-state index contributed by atoms with van der Waals surface area (Å²) in [6.45, 7) is 1.84. The summed E-state index contributed by atoms with van der Waals surface area (Å²) >= 11 is 0. The minimum Gasteiger partial charge on any atom is -0.429 e. The van der Waals surface area contributed by atoms with E-state index in [1.807, 2.05) is 6.92 Å². The van der Waals surface area contributed by atoms with Gasteiger partial charge in [0.05, 0.1) is 5.56 Å². The van der Waals surface area contributed by atoms with Crippen LogP contribution in [0, 0.1) is 46.5 Å². The van der Waals surface area contributed by atoms with Crippen LogP contribution in [0.3, 0.4) is 0 Å². The van der Waals surface area contributed by atoms with Crippen molar-refractivity contribution in [3.63, 3.8) is 0 Å². The van der Waals surface area contributed by atoms with Crippen molar-refractivity contribution < 1.29 is 48.6 Å². The van der Waals surface area contributed by atoms with Gasteiger partial charge in [0.1, 0.15) is 28.8 Å². The highest BCUT2D eigenvalue weighted by atomic mass is 19.3. The summed E-state index contributed by atoms with van der Waals surface area (Å²) < 4.78 is 146. The molecule has 0 bridgehead atoms. The number of ether oxygens (including phenoxy) is 1. The number of hydrogen-bond acceptors (Lipinski definition) is 1. The number of halogens is 10. The first-order valence-corrected chi connectivity index (χ1v) is 11.3. The van der Waals surface area contributed by atoms with Gasteiger partial charge in [-0.1, -0.05) is 37.6 Å². The van der Waals surface area contributed by atoms with Crippen molar-refractivity contribution in [2.24, 2.45) is 0 Å². The predicted octanol–water partition coefficient (Wildman–Crippen LogP) is 9.21. The molecule has 0 N–H and O–H groups in total. The average Bonchev–Trinajstić information content (AvgIpc) is 2.84. The Bertz CT molecular complexity index is 1500. The number of hydrogen-bond donors (Lipinski definition) is 0. The summed E-state index contributed by atoms with van der Waals surface area (Å²) in [5, 5.41) is 0. The van der Waals surface area contributed by atoms with Crippen molar-refractivity contribution >= 4 is 0 Å². The summed E-state index contributed by atoms with van der Waals surface area (Å²) in [6.07, 6.45) is -3.87. The lowest BCUT2D eigenvalue weighted by atomic mass is 9.96. The first-order valence-electron chi connectivity index (χ1n) is 11.3. The van der Waals surface area contributed by atoms with Crippen LogP contribution in [-0.4, -0.2) is 0 Å². The van der Waals surface area contributed by atoms with E-state index >= 15 is 0 Å². The molecule has 0 amide bonds. The van der Waals surface area contributed by atoms with Gasteiger partial charge in [0.25, 0.3) is 0 Å². The highest BCUT2D eigenvalue weighted by Crippen LogP contribution is 2.39. The molecule has 0 aliphatic carbocycles. The molecule has 4 rings (SSSR count). The third-order valence-electron chi connectivity index (χ3n) is 5.78. The lowest BCUT2D eigenvalue weighted by Crippen LogP contribution is -2.26. The molecule has 0 aliphatic heterocycles. The van der Waals surface area contributed by atoms with Crippen LogP contribution in [0.25, 0.3) is 22.3 Å². The summed E-state index contributed by atoms with van der Waals surface area (Å²) in [5.74, 6) is -15.1. The van der Waals surface area contributed by atoms with Crippen LogP contribution in [0.4, 0.5) is 43.9 Å². The molecule has 0 aliphatic rings. The molecule has 1 nitrogen and oxygen atoms in total. The Labute approximate surface area is 215 Å². The van der Waals surface area contributed by atoms with Gasteiger partial charge in [-0.15, -0.1) is 0 Å². The van der Waals surface area contributed by atoms with E-state index in [1.165, 1.54) is 0 Å². The van der Waals surface area contributed by atoms with Gasteiger partial charge in [-0.3, -0.25) is 0 Å². The van der Waals surface area contributed by atoms with E-state index in [9.17, 15) is 43.9 Å². The molecule has 4 aromatic carbocycles. The fourth-order valence-corrected chi connectivity index (χ4v) is 4.01. The molecule has 39 heavy (non-hydrogen) atoms.